The number of carbonyl (C=O) groups excluding carboxylic acids is 1. The van der Waals surface area contributed by atoms with Crippen LogP contribution in [0.5, 0.6) is 0 Å². The first-order chi connectivity index (χ1) is 18.0. The monoisotopic (exact) mass is 512 g/mol. The molecule has 0 aromatic carbocycles. The summed E-state index contributed by atoms with van der Waals surface area (Å²) in [5.41, 5.74) is 7.17. The molecule has 0 unspecified atom stereocenters. The van der Waals surface area contributed by atoms with Crippen LogP contribution in [0.3, 0.4) is 0 Å². The molecule has 1 amide bonds. The van der Waals surface area contributed by atoms with Gasteiger partial charge in [-0.2, -0.15) is 0 Å². The summed E-state index contributed by atoms with van der Waals surface area (Å²) in [7, 11) is 3.71. The Morgan fingerprint density at radius 3 is 1.89 bits per heavy atom. The van der Waals surface area contributed by atoms with E-state index in [4.69, 9.17) is 0 Å². The molecule has 8 heteroatoms. The Morgan fingerprint density at radius 1 is 0.868 bits per heavy atom. The third-order valence-corrected chi connectivity index (χ3v) is 6.96. The van der Waals surface area contributed by atoms with Crippen molar-refractivity contribution in [1.82, 2.24) is 14.4 Å². The number of aliphatic imine (C=N–C) groups is 2. The van der Waals surface area contributed by atoms with Crippen LogP contribution in [0.25, 0.3) is 0 Å². The third kappa shape index (κ3) is 4.98. The summed E-state index contributed by atoms with van der Waals surface area (Å²) in [4.78, 5) is 25.7. The van der Waals surface area contributed by atoms with Gasteiger partial charge >= 0.3 is 11.7 Å². The fourth-order valence-electron chi connectivity index (χ4n) is 5.01. The lowest BCUT2D eigenvalue weighted by Crippen LogP contribution is -2.35. The minimum absolute atomic E-state index is 0.261. The van der Waals surface area contributed by atoms with Crippen LogP contribution in [0, 0.1) is 0 Å². The average Bonchev–Trinajstić information content (AvgIpc) is 3.44. The largest absolute Gasteiger partial charge is 0.856 e. The smallest absolute Gasteiger partial charge is 0.360 e. The number of amides is 1. The second-order valence-electron chi connectivity index (χ2n) is 9.79. The normalized spacial score (nSPS) is 18.9. The van der Waals surface area contributed by atoms with E-state index in [9.17, 15) is 9.90 Å². The molecular formula is C30H36N6O2. The van der Waals surface area contributed by atoms with E-state index in [1.54, 1.807) is 9.47 Å². The summed E-state index contributed by atoms with van der Waals surface area (Å²) in [6.07, 6.45) is 15.7. The van der Waals surface area contributed by atoms with Crippen LogP contribution in [-0.4, -0.2) is 45.3 Å². The van der Waals surface area contributed by atoms with Gasteiger partial charge in [-0.1, -0.05) is 0 Å². The minimum Gasteiger partial charge on any atom is -0.856 e. The van der Waals surface area contributed by atoms with Crippen LogP contribution in [0.2, 0.25) is 0 Å². The minimum atomic E-state index is -0.261. The molecule has 1 aromatic rings. The number of aryl methyl sites for hydroxylation is 2. The topological polar surface area (TPSA) is 80.1 Å². The Bertz CT molecular complexity index is 1420. The number of imidazole rings is 1. The van der Waals surface area contributed by atoms with Gasteiger partial charge < -0.3 is 14.9 Å². The van der Waals surface area contributed by atoms with Gasteiger partial charge in [0.25, 0.3) is 0 Å². The summed E-state index contributed by atoms with van der Waals surface area (Å²) < 4.78 is 3.70. The molecule has 1 aromatic heterocycles. The lowest BCUT2D eigenvalue weighted by molar-refractivity contribution is -0.672. The predicted molar refractivity (Wildman–Crippen MR) is 149 cm³/mol. The summed E-state index contributed by atoms with van der Waals surface area (Å²) >= 11 is 0. The van der Waals surface area contributed by atoms with Crippen molar-refractivity contribution in [3.63, 3.8) is 0 Å². The fraction of sp³-hybridized carbons (Fsp3) is 0.333. The number of nitrogens with zero attached hydrogens (tertiary/aromatic N) is 6. The number of carbonyl (C=O) groups is 1. The van der Waals surface area contributed by atoms with E-state index >= 15 is 0 Å². The number of hydrogen-bond acceptors (Lipinski definition) is 5. The standard InChI is InChI=1S/C30H36N6O2/c1-9-35-13-11-33(7)29(35)27(37)31-25-19(3)15-23(16-20(25)4)24-17-21(5)26(22(6)18-24)32-28(38)30-34(8)12-14-36(30)10-2/h11-18H,9-10H2,1-8H3. The van der Waals surface area contributed by atoms with Crippen molar-refractivity contribution in [2.24, 2.45) is 17.0 Å². The highest BCUT2D eigenvalue weighted by atomic mass is 16.3. The van der Waals surface area contributed by atoms with Gasteiger partial charge in [0.05, 0.1) is 25.0 Å². The van der Waals surface area contributed by atoms with Crippen molar-refractivity contribution in [2.75, 3.05) is 13.6 Å². The maximum absolute atomic E-state index is 13.0. The lowest BCUT2D eigenvalue weighted by atomic mass is 9.87. The number of aromatic nitrogens is 2. The van der Waals surface area contributed by atoms with Crippen molar-refractivity contribution in [2.45, 2.75) is 48.1 Å². The zero-order valence-corrected chi connectivity index (χ0v) is 23.5. The molecule has 0 spiro atoms. The molecule has 1 aliphatic heterocycles. The van der Waals surface area contributed by atoms with Crippen molar-refractivity contribution >= 4 is 17.3 Å². The highest BCUT2D eigenvalue weighted by molar-refractivity contribution is 6.19. The first-order valence-corrected chi connectivity index (χ1v) is 12.9. The van der Waals surface area contributed by atoms with Crippen molar-refractivity contribution in [3.05, 3.63) is 100 Å². The van der Waals surface area contributed by atoms with E-state index in [0.29, 0.717) is 36.2 Å². The van der Waals surface area contributed by atoms with E-state index in [-0.39, 0.29) is 11.8 Å². The van der Waals surface area contributed by atoms with Crippen LogP contribution in [0.4, 0.5) is 0 Å². The molecule has 0 saturated carbocycles. The zero-order valence-electron chi connectivity index (χ0n) is 23.5. The van der Waals surface area contributed by atoms with Crippen LogP contribution in [-0.2, 0) is 13.6 Å². The molecule has 198 valence electrons. The predicted octanol–water partition coefficient (Wildman–Crippen LogP) is 3.69. The molecule has 0 N–H and O–H groups in total. The third-order valence-electron chi connectivity index (χ3n) is 6.96. The molecule has 0 bridgehead atoms. The summed E-state index contributed by atoms with van der Waals surface area (Å²) in [5, 5.41) is 13.0. The van der Waals surface area contributed by atoms with Crippen LogP contribution >= 0.6 is 0 Å². The Morgan fingerprint density at radius 2 is 1.39 bits per heavy atom. The fourth-order valence-corrected chi connectivity index (χ4v) is 5.01. The Hall–Kier alpha value is -4.20. The quantitative estimate of drug-likeness (QED) is 0.455. The first-order valence-electron chi connectivity index (χ1n) is 12.9. The Labute approximate surface area is 225 Å². The van der Waals surface area contributed by atoms with Crippen LogP contribution in [0.1, 0.15) is 52.2 Å². The molecule has 0 saturated heterocycles. The Balaban J connectivity index is 1.66. The van der Waals surface area contributed by atoms with Crippen molar-refractivity contribution in [1.29, 1.82) is 0 Å². The molecule has 38 heavy (non-hydrogen) atoms. The van der Waals surface area contributed by atoms with Gasteiger partial charge in [-0.15, -0.1) is 0 Å². The SMILES string of the molecule is CCN1C=CN(C)C1=C([O-])N=C1C(C)=CC(=C2C=C(C)C(=NC(=O)c3n(CC)cc[n+]3C)C(C)=C2)C=C1C. The molecule has 0 radical (unpaired) electrons. The van der Waals surface area contributed by atoms with Crippen LogP contribution < -0.4 is 9.67 Å². The molecular weight excluding hydrogens is 476 g/mol. The van der Waals surface area contributed by atoms with E-state index < -0.39 is 0 Å². The molecule has 2 heterocycles. The average molecular weight is 513 g/mol. The van der Waals surface area contributed by atoms with Gasteiger partial charge in [-0.25, -0.2) is 14.1 Å². The summed E-state index contributed by atoms with van der Waals surface area (Å²) in [6.45, 7) is 13.3. The molecule has 0 atom stereocenters. The van der Waals surface area contributed by atoms with Gasteiger partial charge in [-0.05, 0) is 99.3 Å². The maximum atomic E-state index is 13.0. The maximum Gasteiger partial charge on any atom is 0.360 e. The van der Waals surface area contributed by atoms with Gasteiger partial charge in [0.15, 0.2) is 0 Å². The highest BCUT2D eigenvalue weighted by Gasteiger charge is 2.25. The van der Waals surface area contributed by atoms with E-state index in [1.807, 2.05) is 89.9 Å². The Kier molecular flexibility index (Phi) is 7.53. The van der Waals surface area contributed by atoms with Gasteiger partial charge in [0, 0.05) is 31.9 Å². The zero-order chi connectivity index (χ0) is 27.7. The van der Waals surface area contributed by atoms with Gasteiger partial charge in [-0.3, -0.25) is 9.79 Å². The van der Waals surface area contributed by atoms with Gasteiger partial charge in [0.1, 0.15) is 18.2 Å². The lowest BCUT2D eigenvalue weighted by Gasteiger charge is -2.26. The summed E-state index contributed by atoms with van der Waals surface area (Å²) in [5.74, 6) is 0.581. The molecule has 3 aliphatic rings. The number of rotatable bonds is 4. The van der Waals surface area contributed by atoms with Crippen molar-refractivity contribution < 1.29 is 14.5 Å². The highest BCUT2D eigenvalue weighted by Crippen LogP contribution is 2.29. The number of allylic oxidation sites excluding steroid dienone is 10. The van der Waals surface area contributed by atoms with Crippen molar-refractivity contribution in [3.8, 4) is 0 Å². The van der Waals surface area contributed by atoms with E-state index in [1.165, 1.54) is 0 Å². The second-order valence-corrected chi connectivity index (χ2v) is 9.79. The van der Waals surface area contributed by atoms with Gasteiger partial charge in [0.2, 0.25) is 0 Å². The molecule has 8 nitrogen and oxygen atoms in total. The first kappa shape index (κ1) is 26.9. The van der Waals surface area contributed by atoms with E-state index in [0.717, 1.165) is 33.4 Å². The molecule has 2 aliphatic carbocycles. The number of hydrogen-bond donors (Lipinski definition) is 0. The molecule has 4 rings (SSSR count). The summed E-state index contributed by atoms with van der Waals surface area (Å²) in [6, 6.07) is 0. The second kappa shape index (κ2) is 10.7. The van der Waals surface area contributed by atoms with E-state index in [2.05, 4.69) is 34.3 Å². The van der Waals surface area contributed by atoms with Crippen LogP contribution in [0.15, 0.2) is 104 Å². The molecule has 0 fully saturated rings.